The summed E-state index contributed by atoms with van der Waals surface area (Å²) in [6, 6.07) is 15.6. The maximum absolute atomic E-state index is 12.1. The highest BCUT2D eigenvalue weighted by atomic mass is 16.5. The van der Waals surface area contributed by atoms with Crippen LogP contribution in [-0.2, 0) is 16.0 Å². The van der Waals surface area contributed by atoms with Crippen molar-refractivity contribution in [2.75, 3.05) is 18.5 Å². The van der Waals surface area contributed by atoms with Crippen LogP contribution >= 0.6 is 0 Å². The van der Waals surface area contributed by atoms with Gasteiger partial charge in [0, 0.05) is 5.69 Å². The molecule has 0 spiro atoms. The predicted octanol–water partition coefficient (Wildman–Crippen LogP) is 3.58. The molecular weight excluding hydrogens is 344 g/mol. The Morgan fingerprint density at radius 2 is 1.89 bits per heavy atom. The highest BCUT2D eigenvalue weighted by molar-refractivity contribution is 5.95. The summed E-state index contributed by atoms with van der Waals surface area (Å²) in [5, 5.41) is 11.3. The Morgan fingerprint density at radius 3 is 2.56 bits per heavy atom. The average molecular weight is 366 g/mol. The van der Waals surface area contributed by atoms with E-state index in [-0.39, 0.29) is 0 Å². The molecule has 0 fully saturated rings. The molecule has 2 aromatic carbocycles. The van der Waals surface area contributed by atoms with E-state index in [4.69, 9.17) is 14.7 Å². The summed E-state index contributed by atoms with van der Waals surface area (Å²) in [7, 11) is 0. The van der Waals surface area contributed by atoms with Crippen LogP contribution in [0.15, 0.2) is 48.5 Å². The number of anilines is 1. The van der Waals surface area contributed by atoms with Crippen LogP contribution in [0.4, 0.5) is 5.69 Å². The smallest absolute Gasteiger partial charge is 0.338 e. The van der Waals surface area contributed by atoms with Crippen molar-refractivity contribution in [2.24, 2.45) is 5.92 Å². The number of rotatable bonds is 8. The third-order valence-electron chi connectivity index (χ3n) is 3.51. The van der Waals surface area contributed by atoms with Gasteiger partial charge in [0.2, 0.25) is 0 Å². The second kappa shape index (κ2) is 9.97. The first kappa shape index (κ1) is 20.0. The van der Waals surface area contributed by atoms with E-state index in [1.54, 1.807) is 48.5 Å². The average Bonchev–Trinajstić information content (AvgIpc) is 2.66. The number of carbonyl (C=O) groups excluding carboxylic acids is 2. The first-order valence-electron chi connectivity index (χ1n) is 8.63. The summed E-state index contributed by atoms with van der Waals surface area (Å²) in [6.45, 7) is 4.23. The van der Waals surface area contributed by atoms with E-state index in [1.807, 2.05) is 13.8 Å². The monoisotopic (exact) mass is 366 g/mol. The van der Waals surface area contributed by atoms with Crippen LogP contribution in [0.2, 0.25) is 0 Å². The van der Waals surface area contributed by atoms with Gasteiger partial charge in [-0.25, -0.2) is 4.79 Å². The van der Waals surface area contributed by atoms with Crippen LogP contribution in [-0.4, -0.2) is 25.1 Å². The number of amides is 1. The van der Waals surface area contributed by atoms with Gasteiger partial charge in [0.25, 0.3) is 5.91 Å². The number of nitrogens with zero attached hydrogens (tertiary/aromatic N) is 1. The molecule has 0 radical (unpaired) electrons. The Bertz CT molecular complexity index is 823. The Labute approximate surface area is 158 Å². The Balaban J connectivity index is 1.84. The lowest BCUT2D eigenvalue weighted by Gasteiger charge is -2.10. The molecule has 0 aliphatic rings. The van der Waals surface area contributed by atoms with Crippen molar-refractivity contribution < 1.29 is 19.1 Å². The minimum atomic E-state index is -0.593. The summed E-state index contributed by atoms with van der Waals surface area (Å²) in [6.07, 6.45) is 0.311. The van der Waals surface area contributed by atoms with Crippen LogP contribution in [0.1, 0.15) is 29.8 Å². The van der Waals surface area contributed by atoms with Crippen molar-refractivity contribution in [1.29, 1.82) is 5.26 Å². The van der Waals surface area contributed by atoms with E-state index >= 15 is 0 Å². The highest BCUT2D eigenvalue weighted by Gasteiger charge is 2.11. The highest BCUT2D eigenvalue weighted by Crippen LogP contribution is 2.15. The van der Waals surface area contributed by atoms with Gasteiger partial charge in [0.15, 0.2) is 6.61 Å². The fraction of sp³-hybridized carbons (Fsp3) is 0.286. The molecule has 2 aromatic rings. The molecule has 0 saturated heterocycles. The summed E-state index contributed by atoms with van der Waals surface area (Å²) in [5.74, 6) is -0.0774. The minimum absolute atomic E-state index is 0.311. The van der Waals surface area contributed by atoms with Crippen molar-refractivity contribution in [1.82, 2.24) is 0 Å². The zero-order chi connectivity index (χ0) is 19.6. The van der Waals surface area contributed by atoms with Gasteiger partial charge in [-0.15, -0.1) is 0 Å². The van der Waals surface area contributed by atoms with Crippen molar-refractivity contribution >= 4 is 17.6 Å². The fourth-order valence-electron chi connectivity index (χ4n) is 2.18. The summed E-state index contributed by atoms with van der Waals surface area (Å²) >= 11 is 0. The molecular formula is C21H22N2O4. The number of nitriles is 1. The fourth-order valence-corrected chi connectivity index (χ4v) is 2.18. The lowest BCUT2D eigenvalue weighted by Crippen LogP contribution is -2.21. The van der Waals surface area contributed by atoms with Crippen LogP contribution in [0.5, 0.6) is 5.75 Å². The molecule has 0 aliphatic heterocycles. The number of nitrogens with one attached hydrogen (secondary N) is 1. The predicted molar refractivity (Wildman–Crippen MR) is 101 cm³/mol. The van der Waals surface area contributed by atoms with Crippen molar-refractivity contribution in [3.8, 4) is 11.8 Å². The van der Waals surface area contributed by atoms with Gasteiger partial charge in [-0.3, -0.25) is 4.79 Å². The zero-order valence-corrected chi connectivity index (χ0v) is 15.4. The van der Waals surface area contributed by atoms with Crippen molar-refractivity contribution in [2.45, 2.75) is 20.3 Å². The van der Waals surface area contributed by atoms with Gasteiger partial charge in [-0.2, -0.15) is 5.26 Å². The van der Waals surface area contributed by atoms with E-state index < -0.39 is 18.5 Å². The molecule has 6 heteroatoms. The molecule has 140 valence electrons. The second-order valence-electron chi connectivity index (χ2n) is 6.39. The lowest BCUT2D eigenvalue weighted by molar-refractivity contribution is -0.119. The van der Waals surface area contributed by atoms with Gasteiger partial charge in [-0.05, 0) is 41.8 Å². The number of esters is 1. The molecule has 0 unspecified atom stereocenters. The van der Waals surface area contributed by atoms with E-state index in [9.17, 15) is 9.59 Å². The number of ether oxygens (including phenoxy) is 2. The standard InChI is InChI=1S/C21H22N2O4/c1-15(2)13-26-19-5-3-4-17(12-19)21(25)27-14-20(24)23-18-8-6-16(7-9-18)10-11-22/h3-9,12,15H,10,13-14H2,1-2H3,(H,23,24). The van der Waals surface area contributed by atoms with Crippen molar-refractivity contribution in [3.63, 3.8) is 0 Å². The third-order valence-corrected chi connectivity index (χ3v) is 3.51. The van der Waals surface area contributed by atoms with E-state index in [0.29, 0.717) is 35.9 Å². The van der Waals surface area contributed by atoms with E-state index in [1.165, 1.54) is 0 Å². The van der Waals surface area contributed by atoms with E-state index in [2.05, 4.69) is 11.4 Å². The normalized spacial score (nSPS) is 10.1. The van der Waals surface area contributed by atoms with Crippen LogP contribution < -0.4 is 10.1 Å². The quantitative estimate of drug-likeness (QED) is 0.721. The maximum Gasteiger partial charge on any atom is 0.338 e. The minimum Gasteiger partial charge on any atom is -0.493 e. The summed E-state index contributed by atoms with van der Waals surface area (Å²) in [5.41, 5.74) is 1.76. The molecule has 1 amide bonds. The van der Waals surface area contributed by atoms with Crippen LogP contribution in [0.3, 0.4) is 0 Å². The molecule has 0 heterocycles. The molecule has 0 saturated carbocycles. The third kappa shape index (κ3) is 6.83. The summed E-state index contributed by atoms with van der Waals surface area (Å²) in [4.78, 5) is 24.1. The number of hydrogen-bond acceptors (Lipinski definition) is 5. The molecule has 1 N–H and O–H groups in total. The first-order valence-corrected chi connectivity index (χ1v) is 8.63. The van der Waals surface area contributed by atoms with Gasteiger partial charge in [0.05, 0.1) is 24.7 Å². The Morgan fingerprint density at radius 1 is 1.15 bits per heavy atom. The molecule has 0 aliphatic carbocycles. The Kier molecular flexibility index (Phi) is 7.38. The zero-order valence-electron chi connectivity index (χ0n) is 15.4. The van der Waals surface area contributed by atoms with Crippen molar-refractivity contribution in [3.05, 3.63) is 59.7 Å². The van der Waals surface area contributed by atoms with Crippen LogP contribution in [0, 0.1) is 17.2 Å². The SMILES string of the molecule is CC(C)COc1cccc(C(=O)OCC(=O)Nc2ccc(CC#N)cc2)c1. The van der Waals surface area contributed by atoms with Crippen LogP contribution in [0.25, 0.3) is 0 Å². The molecule has 27 heavy (non-hydrogen) atoms. The maximum atomic E-state index is 12.1. The molecule has 2 rings (SSSR count). The first-order chi connectivity index (χ1) is 13.0. The number of carbonyl (C=O) groups is 2. The lowest BCUT2D eigenvalue weighted by atomic mass is 10.1. The molecule has 0 bridgehead atoms. The van der Waals surface area contributed by atoms with E-state index in [0.717, 1.165) is 5.56 Å². The second-order valence-corrected chi connectivity index (χ2v) is 6.39. The number of hydrogen-bond donors (Lipinski definition) is 1. The topological polar surface area (TPSA) is 88.4 Å². The number of benzene rings is 2. The van der Waals surface area contributed by atoms with Gasteiger partial charge in [-0.1, -0.05) is 32.0 Å². The Hall–Kier alpha value is -3.33. The molecule has 6 nitrogen and oxygen atoms in total. The summed E-state index contributed by atoms with van der Waals surface area (Å²) < 4.78 is 10.6. The molecule has 0 atom stereocenters. The largest absolute Gasteiger partial charge is 0.493 e. The van der Waals surface area contributed by atoms with Gasteiger partial charge >= 0.3 is 5.97 Å². The molecule has 0 aromatic heterocycles. The van der Waals surface area contributed by atoms with Gasteiger partial charge < -0.3 is 14.8 Å². The van der Waals surface area contributed by atoms with Gasteiger partial charge in [0.1, 0.15) is 5.75 Å².